The third-order valence-electron chi connectivity index (χ3n) is 1.52. The Hall–Kier alpha value is -0.160. The molecule has 0 heterocycles. The van der Waals surface area contributed by atoms with Crippen LogP contribution in [0, 0.1) is 0 Å². The summed E-state index contributed by atoms with van der Waals surface area (Å²) in [6.07, 6.45) is 0.461. The molecule has 0 saturated heterocycles. The Kier molecular flexibility index (Phi) is 4.60. The standard InChI is InChI=1S/C6H14FNO2S/c1-6(8-2)3-4-11(9,10)5-7/h6,8H,3-5H2,1-2H3. The minimum atomic E-state index is -3.43. The minimum absolute atomic E-state index is 0.0779. The topological polar surface area (TPSA) is 46.2 Å². The molecule has 68 valence electrons. The minimum Gasteiger partial charge on any atom is -0.317 e. The van der Waals surface area contributed by atoms with Gasteiger partial charge in [-0.3, -0.25) is 0 Å². The van der Waals surface area contributed by atoms with E-state index in [1.807, 2.05) is 6.92 Å². The van der Waals surface area contributed by atoms with Crippen LogP contribution in [0.1, 0.15) is 13.3 Å². The maximum atomic E-state index is 11.7. The van der Waals surface area contributed by atoms with Crippen LogP contribution in [0.5, 0.6) is 0 Å². The van der Waals surface area contributed by atoms with Gasteiger partial charge in [0.15, 0.2) is 15.8 Å². The highest BCUT2D eigenvalue weighted by molar-refractivity contribution is 7.91. The molecule has 0 aliphatic rings. The van der Waals surface area contributed by atoms with Gasteiger partial charge < -0.3 is 5.32 Å². The molecule has 0 radical (unpaired) electrons. The van der Waals surface area contributed by atoms with E-state index in [0.717, 1.165) is 0 Å². The molecule has 3 nitrogen and oxygen atoms in total. The van der Waals surface area contributed by atoms with Crippen molar-refractivity contribution < 1.29 is 12.8 Å². The van der Waals surface area contributed by atoms with Gasteiger partial charge in [-0.15, -0.1) is 0 Å². The van der Waals surface area contributed by atoms with Gasteiger partial charge in [0, 0.05) is 6.04 Å². The number of sulfone groups is 1. The second kappa shape index (κ2) is 4.66. The molecular formula is C6H14FNO2S. The third kappa shape index (κ3) is 5.15. The monoisotopic (exact) mass is 183 g/mol. The fraction of sp³-hybridized carbons (Fsp3) is 1.00. The largest absolute Gasteiger partial charge is 0.317 e. The summed E-state index contributed by atoms with van der Waals surface area (Å²) in [5.41, 5.74) is 0. The van der Waals surface area contributed by atoms with E-state index in [-0.39, 0.29) is 11.8 Å². The highest BCUT2D eigenvalue weighted by atomic mass is 32.2. The molecule has 0 aromatic rings. The fourth-order valence-electron chi connectivity index (χ4n) is 0.555. The van der Waals surface area contributed by atoms with Gasteiger partial charge in [0.05, 0.1) is 5.75 Å². The Morgan fingerprint density at radius 1 is 1.55 bits per heavy atom. The molecule has 11 heavy (non-hydrogen) atoms. The molecule has 0 aromatic carbocycles. The molecule has 0 aromatic heterocycles. The SMILES string of the molecule is CNC(C)CCS(=O)(=O)CF. The molecule has 0 fully saturated rings. The normalized spacial score (nSPS) is 14.8. The number of nitrogens with one attached hydrogen (secondary N) is 1. The summed E-state index contributed by atoms with van der Waals surface area (Å²) in [5, 5.41) is 2.87. The van der Waals surface area contributed by atoms with Crippen LogP contribution in [0.15, 0.2) is 0 Å². The Bertz CT molecular complexity index is 191. The summed E-state index contributed by atoms with van der Waals surface area (Å²) in [6.45, 7) is 1.85. The van der Waals surface area contributed by atoms with Crippen LogP contribution in [0.4, 0.5) is 4.39 Å². The maximum Gasteiger partial charge on any atom is 0.190 e. The van der Waals surface area contributed by atoms with Gasteiger partial charge in [0.2, 0.25) is 0 Å². The van der Waals surface area contributed by atoms with Crippen LogP contribution >= 0.6 is 0 Å². The highest BCUT2D eigenvalue weighted by Gasteiger charge is 2.10. The molecule has 0 aliphatic carbocycles. The van der Waals surface area contributed by atoms with E-state index < -0.39 is 15.8 Å². The Morgan fingerprint density at radius 2 is 2.09 bits per heavy atom. The average molecular weight is 183 g/mol. The predicted molar refractivity (Wildman–Crippen MR) is 42.9 cm³/mol. The predicted octanol–water partition coefficient (Wildman–Crippen LogP) is 0.326. The lowest BCUT2D eigenvalue weighted by molar-refractivity contribution is 0.524. The van der Waals surface area contributed by atoms with E-state index in [0.29, 0.717) is 6.42 Å². The van der Waals surface area contributed by atoms with Crippen molar-refractivity contribution in [2.24, 2.45) is 0 Å². The Balaban J connectivity index is 3.71. The van der Waals surface area contributed by atoms with Crippen molar-refractivity contribution in [2.45, 2.75) is 19.4 Å². The maximum absolute atomic E-state index is 11.7. The van der Waals surface area contributed by atoms with Crippen LogP contribution in [-0.2, 0) is 9.84 Å². The summed E-state index contributed by atoms with van der Waals surface area (Å²) in [5.74, 6) is -0.0779. The average Bonchev–Trinajstić information content (AvgIpc) is 2.00. The van der Waals surface area contributed by atoms with Crippen molar-refractivity contribution in [1.82, 2.24) is 5.32 Å². The zero-order valence-corrected chi connectivity index (χ0v) is 7.62. The van der Waals surface area contributed by atoms with Gasteiger partial charge in [0.1, 0.15) is 0 Å². The zero-order chi connectivity index (χ0) is 8.91. The number of alkyl halides is 1. The van der Waals surface area contributed by atoms with Crippen LogP contribution in [0.2, 0.25) is 0 Å². The molecule has 0 saturated carbocycles. The van der Waals surface area contributed by atoms with E-state index in [9.17, 15) is 12.8 Å². The summed E-state index contributed by atoms with van der Waals surface area (Å²) >= 11 is 0. The molecule has 5 heteroatoms. The fourth-order valence-corrected chi connectivity index (χ4v) is 1.38. The van der Waals surface area contributed by atoms with Gasteiger partial charge in [-0.1, -0.05) is 0 Å². The van der Waals surface area contributed by atoms with E-state index >= 15 is 0 Å². The second-order valence-electron chi connectivity index (χ2n) is 2.54. The first-order valence-corrected chi connectivity index (χ1v) is 5.27. The van der Waals surface area contributed by atoms with Crippen molar-refractivity contribution >= 4 is 9.84 Å². The van der Waals surface area contributed by atoms with E-state index in [1.54, 1.807) is 7.05 Å². The number of hydrogen-bond acceptors (Lipinski definition) is 3. The summed E-state index contributed by atoms with van der Waals surface area (Å²) in [6, 6.07) is -1.12. The molecule has 1 atom stereocenters. The van der Waals surface area contributed by atoms with Gasteiger partial charge in [-0.25, -0.2) is 12.8 Å². The number of halogens is 1. The van der Waals surface area contributed by atoms with E-state index in [4.69, 9.17) is 0 Å². The third-order valence-corrected chi connectivity index (χ3v) is 2.71. The van der Waals surface area contributed by atoms with Gasteiger partial charge >= 0.3 is 0 Å². The lowest BCUT2D eigenvalue weighted by atomic mass is 10.3. The molecule has 0 amide bonds. The first kappa shape index (κ1) is 10.8. The van der Waals surface area contributed by atoms with Crippen molar-refractivity contribution in [2.75, 3.05) is 18.8 Å². The van der Waals surface area contributed by atoms with Crippen molar-refractivity contribution in [1.29, 1.82) is 0 Å². The van der Waals surface area contributed by atoms with Crippen LogP contribution < -0.4 is 5.32 Å². The van der Waals surface area contributed by atoms with E-state index in [1.165, 1.54) is 0 Å². The first-order chi connectivity index (χ1) is 5.02. The van der Waals surface area contributed by atoms with Crippen molar-refractivity contribution in [3.8, 4) is 0 Å². The molecule has 0 bridgehead atoms. The van der Waals surface area contributed by atoms with E-state index in [2.05, 4.69) is 5.32 Å². The number of hydrogen-bond donors (Lipinski definition) is 1. The van der Waals surface area contributed by atoms with Crippen LogP contribution in [0.25, 0.3) is 0 Å². The van der Waals surface area contributed by atoms with Gasteiger partial charge in [-0.2, -0.15) is 0 Å². The van der Waals surface area contributed by atoms with Crippen molar-refractivity contribution in [3.63, 3.8) is 0 Å². The van der Waals surface area contributed by atoms with Gasteiger partial charge in [0.25, 0.3) is 0 Å². The van der Waals surface area contributed by atoms with Crippen LogP contribution in [-0.4, -0.2) is 33.3 Å². The molecular weight excluding hydrogens is 169 g/mol. The molecule has 0 rings (SSSR count). The summed E-state index contributed by atoms with van der Waals surface area (Å²) < 4.78 is 33.0. The molecule has 0 spiro atoms. The summed E-state index contributed by atoms with van der Waals surface area (Å²) in [4.78, 5) is 0. The first-order valence-electron chi connectivity index (χ1n) is 3.45. The van der Waals surface area contributed by atoms with Crippen LogP contribution in [0.3, 0.4) is 0 Å². The smallest absolute Gasteiger partial charge is 0.190 e. The quantitative estimate of drug-likeness (QED) is 0.668. The highest BCUT2D eigenvalue weighted by Crippen LogP contribution is 1.97. The molecule has 1 N–H and O–H groups in total. The zero-order valence-electron chi connectivity index (χ0n) is 6.80. The summed E-state index contributed by atoms with van der Waals surface area (Å²) in [7, 11) is -1.69. The molecule has 1 unspecified atom stereocenters. The van der Waals surface area contributed by atoms with Gasteiger partial charge in [-0.05, 0) is 20.4 Å². The lowest BCUT2D eigenvalue weighted by Gasteiger charge is -2.07. The number of rotatable bonds is 5. The lowest BCUT2D eigenvalue weighted by Crippen LogP contribution is -2.24. The second-order valence-corrected chi connectivity index (χ2v) is 4.65. The van der Waals surface area contributed by atoms with Crippen molar-refractivity contribution in [3.05, 3.63) is 0 Å². The Morgan fingerprint density at radius 3 is 2.45 bits per heavy atom. The Labute approximate surface area is 66.9 Å². The molecule has 0 aliphatic heterocycles.